The summed E-state index contributed by atoms with van der Waals surface area (Å²) >= 11 is 6.17. The summed E-state index contributed by atoms with van der Waals surface area (Å²) in [6, 6.07) is 5.13. The van der Waals surface area contributed by atoms with Crippen LogP contribution in [0.1, 0.15) is 18.5 Å². The molecule has 1 aromatic carbocycles. The van der Waals surface area contributed by atoms with Crippen molar-refractivity contribution >= 4 is 29.2 Å². The number of nitrogens with zero attached hydrogens (tertiary/aromatic N) is 4. The number of carbonyl (C=O) groups is 1. The Morgan fingerprint density at radius 3 is 2.72 bits per heavy atom. The molecular weight excluding hydrogens is 361 g/mol. The van der Waals surface area contributed by atoms with Crippen molar-refractivity contribution < 1.29 is 22.7 Å². The zero-order valence-electron chi connectivity index (χ0n) is 12.9. The Bertz CT molecular complexity index is 834. The molecule has 6 nitrogen and oxygen atoms in total. The third-order valence-corrected chi connectivity index (χ3v) is 4.05. The second-order valence-electron chi connectivity index (χ2n) is 5.20. The van der Waals surface area contributed by atoms with Gasteiger partial charge in [-0.05, 0) is 18.6 Å². The van der Waals surface area contributed by atoms with Gasteiger partial charge in [0.2, 0.25) is 5.95 Å². The molecule has 132 valence electrons. The van der Waals surface area contributed by atoms with Gasteiger partial charge in [0, 0.05) is 5.02 Å². The van der Waals surface area contributed by atoms with Gasteiger partial charge in [0.05, 0.1) is 6.61 Å². The number of ether oxygens (including phenoxy) is 1. The highest BCUT2D eigenvalue weighted by Gasteiger charge is 2.52. The molecule has 0 saturated carbocycles. The highest BCUT2D eigenvalue weighted by Crippen LogP contribution is 2.42. The van der Waals surface area contributed by atoms with Crippen molar-refractivity contribution in [3.63, 3.8) is 0 Å². The van der Waals surface area contributed by atoms with Crippen molar-refractivity contribution in [2.24, 2.45) is 10.9 Å². The standard InChI is InChI=1S/C15H12ClF3N4O2/c1-2-25-13(24)10-11(8-5-3-4-6-9(8)16)23-14(20-7-21-23)22-12(10)15(17,18)19/h3-7,10-11H,2H2,1H3. The fourth-order valence-corrected chi connectivity index (χ4v) is 2.97. The zero-order chi connectivity index (χ0) is 18.2. The lowest BCUT2D eigenvalue weighted by atomic mass is 9.87. The molecule has 3 rings (SSSR count). The van der Waals surface area contributed by atoms with Crippen LogP contribution in [0.2, 0.25) is 5.02 Å². The average Bonchev–Trinajstić information content (AvgIpc) is 3.01. The largest absolute Gasteiger partial charge is 0.465 e. The Morgan fingerprint density at radius 1 is 1.36 bits per heavy atom. The van der Waals surface area contributed by atoms with Crippen molar-refractivity contribution in [2.75, 3.05) is 6.61 Å². The Morgan fingerprint density at radius 2 is 2.08 bits per heavy atom. The molecule has 0 fully saturated rings. The SMILES string of the molecule is CCOC(=O)C1C(C(F)(F)F)=Nc2ncnn2C1c1ccccc1Cl. The minimum absolute atomic E-state index is 0.0695. The molecule has 1 aliphatic heterocycles. The number of halogens is 4. The van der Waals surface area contributed by atoms with Crippen LogP contribution < -0.4 is 0 Å². The highest BCUT2D eigenvalue weighted by atomic mass is 35.5. The van der Waals surface area contributed by atoms with Gasteiger partial charge in [-0.15, -0.1) is 0 Å². The lowest BCUT2D eigenvalue weighted by molar-refractivity contribution is -0.148. The van der Waals surface area contributed by atoms with Crippen molar-refractivity contribution in [1.29, 1.82) is 0 Å². The molecule has 0 aliphatic carbocycles. The molecule has 2 aromatic rings. The quantitative estimate of drug-likeness (QED) is 0.775. The number of rotatable bonds is 3. The van der Waals surface area contributed by atoms with Gasteiger partial charge >= 0.3 is 12.1 Å². The van der Waals surface area contributed by atoms with E-state index in [0.717, 1.165) is 11.0 Å². The third-order valence-electron chi connectivity index (χ3n) is 3.70. The maximum absolute atomic E-state index is 13.6. The first-order valence-electron chi connectivity index (χ1n) is 7.31. The smallest absolute Gasteiger partial charge is 0.430 e. The van der Waals surface area contributed by atoms with Crippen molar-refractivity contribution in [1.82, 2.24) is 14.8 Å². The van der Waals surface area contributed by atoms with E-state index in [2.05, 4.69) is 15.1 Å². The Balaban J connectivity index is 2.24. The second-order valence-corrected chi connectivity index (χ2v) is 5.60. The van der Waals surface area contributed by atoms with E-state index in [1.54, 1.807) is 12.1 Å². The molecule has 2 atom stereocenters. The third kappa shape index (κ3) is 3.11. The summed E-state index contributed by atoms with van der Waals surface area (Å²) in [5.74, 6) is -3.04. The summed E-state index contributed by atoms with van der Waals surface area (Å²) in [6.07, 6.45) is -3.77. The van der Waals surface area contributed by atoms with Crippen LogP contribution in [0.5, 0.6) is 0 Å². The van der Waals surface area contributed by atoms with Gasteiger partial charge in [-0.3, -0.25) is 4.79 Å². The topological polar surface area (TPSA) is 69.4 Å². The molecular formula is C15H12ClF3N4O2. The van der Waals surface area contributed by atoms with Crippen molar-refractivity contribution in [2.45, 2.75) is 19.1 Å². The lowest BCUT2D eigenvalue weighted by Gasteiger charge is -2.31. The number of esters is 1. The van der Waals surface area contributed by atoms with Crippen LogP contribution in [-0.2, 0) is 9.53 Å². The molecule has 25 heavy (non-hydrogen) atoms. The van der Waals surface area contributed by atoms with E-state index in [0.29, 0.717) is 5.56 Å². The first-order chi connectivity index (χ1) is 11.8. The molecule has 2 heterocycles. The average molecular weight is 373 g/mol. The number of hydrogen-bond donors (Lipinski definition) is 0. The van der Waals surface area contributed by atoms with E-state index in [9.17, 15) is 18.0 Å². The fraction of sp³-hybridized carbons (Fsp3) is 0.333. The van der Waals surface area contributed by atoms with Crippen molar-refractivity contribution in [3.8, 4) is 0 Å². The number of benzene rings is 1. The minimum Gasteiger partial charge on any atom is -0.465 e. The van der Waals surface area contributed by atoms with Gasteiger partial charge in [0.25, 0.3) is 0 Å². The lowest BCUT2D eigenvalue weighted by Crippen LogP contribution is -2.44. The van der Waals surface area contributed by atoms with Crippen LogP contribution in [0.25, 0.3) is 0 Å². The molecule has 1 aliphatic rings. The first-order valence-corrected chi connectivity index (χ1v) is 7.68. The van der Waals surface area contributed by atoms with Gasteiger partial charge in [-0.1, -0.05) is 29.8 Å². The van der Waals surface area contributed by atoms with E-state index in [1.807, 2.05) is 0 Å². The number of alkyl halides is 3. The number of fused-ring (bicyclic) bond motifs is 1. The summed E-state index contributed by atoms with van der Waals surface area (Å²) in [6.45, 7) is 1.44. The number of aromatic nitrogens is 3. The van der Waals surface area contributed by atoms with Crippen LogP contribution >= 0.6 is 11.6 Å². The van der Waals surface area contributed by atoms with Gasteiger partial charge in [-0.2, -0.15) is 23.3 Å². The van der Waals surface area contributed by atoms with Crippen molar-refractivity contribution in [3.05, 3.63) is 41.2 Å². The van der Waals surface area contributed by atoms with E-state index in [4.69, 9.17) is 16.3 Å². The van der Waals surface area contributed by atoms with Crippen LogP contribution in [-0.4, -0.2) is 39.2 Å². The summed E-state index contributed by atoms with van der Waals surface area (Å²) in [5.41, 5.74) is -0.984. The monoisotopic (exact) mass is 372 g/mol. The first kappa shape index (κ1) is 17.4. The van der Waals surface area contributed by atoms with Gasteiger partial charge in [0.1, 0.15) is 24.0 Å². The number of hydrogen-bond acceptors (Lipinski definition) is 5. The van der Waals surface area contributed by atoms with E-state index >= 15 is 0 Å². The highest BCUT2D eigenvalue weighted by molar-refractivity contribution is 6.31. The van der Waals surface area contributed by atoms with Gasteiger partial charge < -0.3 is 4.74 Å². The summed E-state index contributed by atoms with van der Waals surface area (Å²) < 4.78 is 46.7. The number of carbonyl (C=O) groups excluding carboxylic acids is 1. The summed E-state index contributed by atoms with van der Waals surface area (Å²) in [4.78, 5) is 19.6. The molecule has 0 bridgehead atoms. The van der Waals surface area contributed by atoms with Gasteiger partial charge in [0.15, 0.2) is 0 Å². The predicted molar refractivity (Wildman–Crippen MR) is 82.9 cm³/mol. The fourth-order valence-electron chi connectivity index (χ4n) is 2.73. The molecule has 0 N–H and O–H groups in total. The van der Waals surface area contributed by atoms with Crippen LogP contribution in [0.15, 0.2) is 35.6 Å². The molecule has 0 radical (unpaired) electrons. The van der Waals surface area contributed by atoms with E-state index in [1.165, 1.54) is 19.1 Å². The van der Waals surface area contributed by atoms with Crippen LogP contribution in [0, 0.1) is 5.92 Å². The predicted octanol–water partition coefficient (Wildman–Crippen LogP) is 3.35. The summed E-state index contributed by atoms with van der Waals surface area (Å²) in [7, 11) is 0. The van der Waals surface area contributed by atoms with E-state index < -0.39 is 29.8 Å². The summed E-state index contributed by atoms with van der Waals surface area (Å²) in [5, 5.41) is 4.13. The Kier molecular flexibility index (Phi) is 4.51. The molecule has 0 amide bonds. The van der Waals surface area contributed by atoms with Crippen LogP contribution in [0.4, 0.5) is 19.1 Å². The number of aliphatic imine (C=N–C) groups is 1. The molecule has 1 aromatic heterocycles. The molecule has 0 spiro atoms. The second kappa shape index (κ2) is 6.47. The molecule has 0 saturated heterocycles. The maximum Gasteiger partial charge on any atom is 0.430 e. The van der Waals surface area contributed by atoms with Crippen LogP contribution in [0.3, 0.4) is 0 Å². The molecule has 2 unspecified atom stereocenters. The van der Waals surface area contributed by atoms with E-state index in [-0.39, 0.29) is 17.6 Å². The minimum atomic E-state index is -4.84. The Hall–Kier alpha value is -2.42. The normalized spacial score (nSPS) is 20.0. The zero-order valence-corrected chi connectivity index (χ0v) is 13.6. The maximum atomic E-state index is 13.6. The van der Waals surface area contributed by atoms with Gasteiger partial charge in [-0.25, -0.2) is 9.67 Å². The Labute approximate surface area is 145 Å². The molecule has 10 heteroatoms.